The molecule has 1 unspecified atom stereocenters. The molecule has 1 saturated heterocycles. The zero-order chi connectivity index (χ0) is 13.5. The summed E-state index contributed by atoms with van der Waals surface area (Å²) in [6.45, 7) is 1.90. The second-order valence-electron chi connectivity index (χ2n) is 5.24. The van der Waals surface area contributed by atoms with E-state index in [2.05, 4.69) is 10.3 Å². The summed E-state index contributed by atoms with van der Waals surface area (Å²) in [7, 11) is 1.90. The van der Waals surface area contributed by atoms with Crippen molar-refractivity contribution in [2.45, 2.75) is 38.1 Å². The summed E-state index contributed by atoms with van der Waals surface area (Å²) < 4.78 is 0. The lowest BCUT2D eigenvalue weighted by Gasteiger charge is -2.28. The van der Waals surface area contributed by atoms with Crippen LogP contribution in [0.3, 0.4) is 0 Å². The number of carbonyl (C=O) groups is 1. The standard InChI is InChI=1S/C15H23N3O/c1-18(12-14-7-3-5-11-17-14)15(19)9-8-13-6-2-4-10-16-13/h2,4,6,10,14,17H,3,5,7-9,11-12H2,1H3. The normalized spacial score (nSPS) is 19.1. The summed E-state index contributed by atoms with van der Waals surface area (Å²) in [5.41, 5.74) is 0.986. The van der Waals surface area contributed by atoms with Crippen LogP contribution in [0.15, 0.2) is 24.4 Å². The Kier molecular flexibility index (Phi) is 5.33. The third kappa shape index (κ3) is 4.63. The molecule has 1 N–H and O–H groups in total. The number of pyridine rings is 1. The predicted molar refractivity (Wildman–Crippen MR) is 75.8 cm³/mol. The molecule has 0 aromatic carbocycles. The van der Waals surface area contributed by atoms with Crippen molar-refractivity contribution in [2.24, 2.45) is 0 Å². The van der Waals surface area contributed by atoms with Gasteiger partial charge in [0, 0.05) is 37.9 Å². The zero-order valence-corrected chi connectivity index (χ0v) is 11.6. The van der Waals surface area contributed by atoms with E-state index in [0.717, 1.165) is 25.2 Å². The summed E-state index contributed by atoms with van der Waals surface area (Å²) in [6, 6.07) is 6.29. The Morgan fingerprint density at radius 3 is 3.05 bits per heavy atom. The number of hydrogen-bond acceptors (Lipinski definition) is 3. The quantitative estimate of drug-likeness (QED) is 0.876. The Morgan fingerprint density at radius 2 is 2.37 bits per heavy atom. The van der Waals surface area contributed by atoms with Gasteiger partial charge in [0.25, 0.3) is 0 Å². The number of nitrogens with one attached hydrogen (secondary N) is 1. The highest BCUT2D eigenvalue weighted by Gasteiger charge is 2.17. The van der Waals surface area contributed by atoms with Crippen molar-refractivity contribution in [3.8, 4) is 0 Å². The first kappa shape index (κ1) is 14.0. The van der Waals surface area contributed by atoms with Gasteiger partial charge in [-0.25, -0.2) is 0 Å². The van der Waals surface area contributed by atoms with Gasteiger partial charge in [0.15, 0.2) is 0 Å². The number of likely N-dealkylation sites (N-methyl/N-ethyl adjacent to an activating group) is 1. The minimum Gasteiger partial charge on any atom is -0.344 e. The molecule has 1 atom stereocenters. The van der Waals surface area contributed by atoms with Crippen LogP contribution in [0.4, 0.5) is 0 Å². The molecule has 104 valence electrons. The van der Waals surface area contributed by atoms with Gasteiger partial charge in [0.2, 0.25) is 5.91 Å². The van der Waals surface area contributed by atoms with E-state index in [1.54, 1.807) is 6.20 Å². The van der Waals surface area contributed by atoms with Crippen LogP contribution in [-0.2, 0) is 11.2 Å². The smallest absolute Gasteiger partial charge is 0.222 e. The lowest BCUT2D eigenvalue weighted by molar-refractivity contribution is -0.130. The van der Waals surface area contributed by atoms with Gasteiger partial charge in [-0.2, -0.15) is 0 Å². The maximum absolute atomic E-state index is 12.1. The second-order valence-corrected chi connectivity index (χ2v) is 5.24. The molecular formula is C15H23N3O. The monoisotopic (exact) mass is 261 g/mol. The van der Waals surface area contributed by atoms with Crippen molar-refractivity contribution in [2.75, 3.05) is 20.1 Å². The molecule has 1 amide bonds. The van der Waals surface area contributed by atoms with Crippen molar-refractivity contribution in [1.82, 2.24) is 15.2 Å². The van der Waals surface area contributed by atoms with E-state index in [1.807, 2.05) is 30.1 Å². The lowest BCUT2D eigenvalue weighted by Crippen LogP contribution is -2.44. The Labute approximate surface area is 115 Å². The maximum atomic E-state index is 12.1. The molecule has 0 aliphatic carbocycles. The first-order valence-corrected chi connectivity index (χ1v) is 7.13. The van der Waals surface area contributed by atoms with Gasteiger partial charge in [0.1, 0.15) is 0 Å². The highest BCUT2D eigenvalue weighted by Crippen LogP contribution is 2.09. The molecular weight excluding hydrogens is 238 g/mol. The largest absolute Gasteiger partial charge is 0.344 e. The molecule has 1 fully saturated rings. The zero-order valence-electron chi connectivity index (χ0n) is 11.6. The number of aromatic nitrogens is 1. The SMILES string of the molecule is CN(CC1CCCCN1)C(=O)CCc1ccccn1. The Hall–Kier alpha value is -1.42. The van der Waals surface area contributed by atoms with Crippen molar-refractivity contribution < 1.29 is 4.79 Å². The maximum Gasteiger partial charge on any atom is 0.222 e. The Bertz CT molecular complexity index is 388. The number of amides is 1. The van der Waals surface area contributed by atoms with Crippen LogP contribution in [0.25, 0.3) is 0 Å². The fourth-order valence-corrected chi connectivity index (χ4v) is 2.48. The van der Waals surface area contributed by atoms with E-state index >= 15 is 0 Å². The molecule has 2 heterocycles. The van der Waals surface area contributed by atoms with Crippen LogP contribution in [-0.4, -0.2) is 42.0 Å². The average molecular weight is 261 g/mol. The van der Waals surface area contributed by atoms with Crippen molar-refractivity contribution in [3.63, 3.8) is 0 Å². The van der Waals surface area contributed by atoms with Crippen molar-refractivity contribution in [1.29, 1.82) is 0 Å². The molecule has 1 aromatic rings. The summed E-state index contributed by atoms with van der Waals surface area (Å²) in [4.78, 5) is 18.2. The van der Waals surface area contributed by atoms with Crippen LogP contribution in [0.2, 0.25) is 0 Å². The van der Waals surface area contributed by atoms with Gasteiger partial charge >= 0.3 is 0 Å². The number of hydrogen-bond donors (Lipinski definition) is 1. The molecule has 0 spiro atoms. The third-order valence-electron chi connectivity index (χ3n) is 3.65. The first-order chi connectivity index (χ1) is 9.25. The highest BCUT2D eigenvalue weighted by molar-refractivity contribution is 5.76. The number of nitrogens with zero attached hydrogens (tertiary/aromatic N) is 2. The van der Waals surface area contributed by atoms with Gasteiger partial charge in [0.05, 0.1) is 0 Å². The van der Waals surface area contributed by atoms with Crippen LogP contribution in [0.1, 0.15) is 31.4 Å². The molecule has 1 aromatic heterocycles. The minimum absolute atomic E-state index is 0.207. The summed E-state index contributed by atoms with van der Waals surface area (Å²) in [6.07, 6.45) is 6.75. The summed E-state index contributed by atoms with van der Waals surface area (Å²) in [5, 5.41) is 3.47. The number of carbonyl (C=O) groups excluding carboxylic acids is 1. The van der Waals surface area contributed by atoms with E-state index in [9.17, 15) is 4.79 Å². The van der Waals surface area contributed by atoms with E-state index in [0.29, 0.717) is 12.5 Å². The lowest BCUT2D eigenvalue weighted by atomic mass is 10.0. The molecule has 4 heteroatoms. The fraction of sp³-hybridized carbons (Fsp3) is 0.600. The highest BCUT2D eigenvalue weighted by atomic mass is 16.2. The van der Waals surface area contributed by atoms with Gasteiger partial charge in [-0.1, -0.05) is 12.5 Å². The van der Waals surface area contributed by atoms with Crippen molar-refractivity contribution in [3.05, 3.63) is 30.1 Å². The van der Waals surface area contributed by atoms with Gasteiger partial charge in [-0.05, 0) is 37.9 Å². The minimum atomic E-state index is 0.207. The number of aryl methyl sites for hydroxylation is 1. The van der Waals surface area contributed by atoms with Crippen LogP contribution in [0, 0.1) is 0 Å². The van der Waals surface area contributed by atoms with Gasteiger partial charge in [-0.15, -0.1) is 0 Å². The molecule has 1 aliphatic rings. The van der Waals surface area contributed by atoms with Crippen LogP contribution < -0.4 is 5.32 Å². The Morgan fingerprint density at radius 1 is 1.47 bits per heavy atom. The topological polar surface area (TPSA) is 45.2 Å². The molecule has 0 radical (unpaired) electrons. The molecule has 2 rings (SSSR count). The fourth-order valence-electron chi connectivity index (χ4n) is 2.48. The van der Waals surface area contributed by atoms with Crippen LogP contribution >= 0.6 is 0 Å². The summed E-state index contributed by atoms with van der Waals surface area (Å²) in [5.74, 6) is 0.207. The summed E-state index contributed by atoms with van der Waals surface area (Å²) >= 11 is 0. The second kappa shape index (κ2) is 7.24. The van der Waals surface area contributed by atoms with Gasteiger partial charge in [-0.3, -0.25) is 9.78 Å². The average Bonchev–Trinajstić information content (AvgIpc) is 2.47. The predicted octanol–water partition coefficient (Wildman–Crippen LogP) is 1.61. The Balaban J connectivity index is 1.72. The van der Waals surface area contributed by atoms with Crippen molar-refractivity contribution >= 4 is 5.91 Å². The molecule has 1 aliphatic heterocycles. The molecule has 0 bridgehead atoms. The van der Waals surface area contributed by atoms with E-state index < -0.39 is 0 Å². The molecule has 0 saturated carbocycles. The van der Waals surface area contributed by atoms with E-state index in [4.69, 9.17) is 0 Å². The van der Waals surface area contributed by atoms with Gasteiger partial charge < -0.3 is 10.2 Å². The van der Waals surface area contributed by atoms with E-state index in [1.165, 1.54) is 19.3 Å². The number of rotatable bonds is 5. The number of piperidine rings is 1. The molecule has 19 heavy (non-hydrogen) atoms. The van der Waals surface area contributed by atoms with Crippen LogP contribution in [0.5, 0.6) is 0 Å². The van der Waals surface area contributed by atoms with E-state index in [-0.39, 0.29) is 5.91 Å². The third-order valence-corrected chi connectivity index (χ3v) is 3.65. The first-order valence-electron chi connectivity index (χ1n) is 7.13. The molecule has 4 nitrogen and oxygen atoms in total.